The highest BCUT2D eigenvalue weighted by molar-refractivity contribution is 5.97. The number of rotatable bonds is 2. The number of aromatic nitrogens is 1. The highest BCUT2D eigenvalue weighted by Gasteiger charge is 2.10. The molecule has 0 amide bonds. The van der Waals surface area contributed by atoms with Crippen molar-refractivity contribution in [1.29, 1.82) is 0 Å². The zero-order valence-corrected chi connectivity index (χ0v) is 9.07. The van der Waals surface area contributed by atoms with Crippen LogP contribution in [0.4, 0.5) is 5.69 Å². The number of allylic oxidation sites excluding steroid dienone is 1. The smallest absolute Gasteiger partial charge is 0.333 e. The van der Waals surface area contributed by atoms with Gasteiger partial charge in [0.2, 0.25) is 0 Å². The van der Waals surface area contributed by atoms with Crippen LogP contribution in [-0.2, 0) is 9.53 Å². The highest BCUT2D eigenvalue weighted by Crippen LogP contribution is 2.23. The monoisotopic (exact) mass is 206 g/mol. The van der Waals surface area contributed by atoms with Crippen LogP contribution < -0.4 is 5.73 Å². The van der Waals surface area contributed by atoms with Crippen molar-refractivity contribution >= 4 is 17.2 Å². The first-order valence-corrected chi connectivity index (χ1v) is 4.53. The number of pyridine rings is 1. The summed E-state index contributed by atoms with van der Waals surface area (Å²) >= 11 is 0. The molecule has 0 saturated carbocycles. The maximum atomic E-state index is 11.3. The molecule has 1 aromatic rings. The standard InChI is InChI=1S/C11H14N2O2/c1-7(8(2)11(14)15-3)9-4-5-13-6-10(9)12/h4-6H,12H2,1-3H3/b8-7+. The van der Waals surface area contributed by atoms with Crippen LogP contribution in [0.3, 0.4) is 0 Å². The van der Waals surface area contributed by atoms with Crippen LogP contribution >= 0.6 is 0 Å². The number of methoxy groups -OCH3 is 1. The molecule has 4 nitrogen and oxygen atoms in total. The van der Waals surface area contributed by atoms with E-state index in [2.05, 4.69) is 9.72 Å². The molecule has 0 fully saturated rings. The molecule has 0 saturated heterocycles. The Labute approximate surface area is 88.8 Å². The van der Waals surface area contributed by atoms with Crippen molar-refractivity contribution in [3.05, 3.63) is 29.6 Å². The van der Waals surface area contributed by atoms with Crippen molar-refractivity contribution in [2.45, 2.75) is 13.8 Å². The second-order valence-electron chi connectivity index (χ2n) is 3.20. The van der Waals surface area contributed by atoms with Crippen LogP contribution in [0.15, 0.2) is 24.0 Å². The molecule has 0 aliphatic rings. The van der Waals surface area contributed by atoms with E-state index in [-0.39, 0.29) is 5.97 Å². The molecule has 1 rings (SSSR count). The second kappa shape index (κ2) is 4.59. The van der Waals surface area contributed by atoms with Gasteiger partial charge in [0.15, 0.2) is 0 Å². The summed E-state index contributed by atoms with van der Waals surface area (Å²) in [4.78, 5) is 15.2. The Morgan fingerprint density at radius 1 is 1.47 bits per heavy atom. The molecule has 0 atom stereocenters. The molecule has 1 heterocycles. The molecule has 15 heavy (non-hydrogen) atoms. The van der Waals surface area contributed by atoms with E-state index in [1.807, 2.05) is 6.92 Å². The van der Waals surface area contributed by atoms with Gasteiger partial charge in [0.25, 0.3) is 0 Å². The van der Waals surface area contributed by atoms with Crippen LogP contribution in [0, 0.1) is 0 Å². The van der Waals surface area contributed by atoms with E-state index in [0.29, 0.717) is 11.3 Å². The van der Waals surface area contributed by atoms with Crippen molar-refractivity contribution < 1.29 is 9.53 Å². The molecule has 1 aromatic heterocycles. The van der Waals surface area contributed by atoms with Crippen molar-refractivity contribution in [2.75, 3.05) is 12.8 Å². The van der Waals surface area contributed by atoms with E-state index in [0.717, 1.165) is 11.1 Å². The van der Waals surface area contributed by atoms with Crippen molar-refractivity contribution in [2.24, 2.45) is 0 Å². The lowest BCUT2D eigenvalue weighted by Crippen LogP contribution is -2.04. The number of nitrogen functional groups attached to an aromatic ring is 1. The Balaban J connectivity index is 3.19. The van der Waals surface area contributed by atoms with Crippen LogP contribution in [0.5, 0.6) is 0 Å². The van der Waals surface area contributed by atoms with Gasteiger partial charge in [0.05, 0.1) is 19.0 Å². The third-order valence-corrected chi connectivity index (χ3v) is 2.31. The van der Waals surface area contributed by atoms with Gasteiger partial charge in [-0.3, -0.25) is 4.98 Å². The Hall–Kier alpha value is -1.84. The predicted octanol–water partition coefficient (Wildman–Crippen LogP) is 1.63. The van der Waals surface area contributed by atoms with E-state index in [4.69, 9.17) is 5.73 Å². The Bertz CT molecular complexity index is 411. The van der Waals surface area contributed by atoms with Gasteiger partial charge >= 0.3 is 5.97 Å². The number of hydrogen-bond donors (Lipinski definition) is 1. The summed E-state index contributed by atoms with van der Waals surface area (Å²) in [5.41, 5.74) is 8.48. The zero-order valence-electron chi connectivity index (χ0n) is 9.07. The van der Waals surface area contributed by atoms with Crippen molar-refractivity contribution in [3.8, 4) is 0 Å². The topological polar surface area (TPSA) is 65.2 Å². The molecular weight excluding hydrogens is 192 g/mol. The first-order valence-electron chi connectivity index (χ1n) is 4.53. The van der Waals surface area contributed by atoms with Crippen LogP contribution in [0.2, 0.25) is 0 Å². The van der Waals surface area contributed by atoms with Crippen LogP contribution in [0.25, 0.3) is 5.57 Å². The van der Waals surface area contributed by atoms with Crippen molar-refractivity contribution in [3.63, 3.8) is 0 Å². The van der Waals surface area contributed by atoms with Crippen LogP contribution in [0.1, 0.15) is 19.4 Å². The minimum Gasteiger partial charge on any atom is -0.466 e. The highest BCUT2D eigenvalue weighted by atomic mass is 16.5. The lowest BCUT2D eigenvalue weighted by atomic mass is 10.0. The van der Waals surface area contributed by atoms with E-state index in [9.17, 15) is 4.79 Å². The number of anilines is 1. The van der Waals surface area contributed by atoms with Crippen LogP contribution in [-0.4, -0.2) is 18.1 Å². The maximum absolute atomic E-state index is 11.3. The predicted molar refractivity (Wildman–Crippen MR) is 58.9 cm³/mol. The number of ether oxygens (including phenoxy) is 1. The number of nitrogens with two attached hydrogens (primary N) is 1. The number of carbonyl (C=O) groups excluding carboxylic acids is 1. The summed E-state index contributed by atoms with van der Waals surface area (Å²) in [6, 6.07) is 1.77. The van der Waals surface area contributed by atoms with Gasteiger partial charge in [-0.05, 0) is 25.5 Å². The molecule has 0 radical (unpaired) electrons. The van der Waals surface area contributed by atoms with Gasteiger partial charge in [-0.25, -0.2) is 4.79 Å². The molecule has 2 N–H and O–H groups in total. The second-order valence-corrected chi connectivity index (χ2v) is 3.20. The third kappa shape index (κ3) is 2.34. The first kappa shape index (κ1) is 11.2. The van der Waals surface area contributed by atoms with E-state index in [1.54, 1.807) is 25.4 Å². The first-order chi connectivity index (χ1) is 7.07. The summed E-state index contributed by atoms with van der Waals surface area (Å²) in [5.74, 6) is -0.344. The Morgan fingerprint density at radius 2 is 2.13 bits per heavy atom. The average molecular weight is 206 g/mol. The van der Waals surface area contributed by atoms with Crippen molar-refractivity contribution in [1.82, 2.24) is 4.98 Å². The van der Waals surface area contributed by atoms with Gasteiger partial charge in [0.1, 0.15) is 0 Å². The minimum absolute atomic E-state index is 0.344. The molecular formula is C11H14N2O2. The summed E-state index contributed by atoms with van der Waals surface area (Å²) in [6.45, 7) is 3.54. The maximum Gasteiger partial charge on any atom is 0.333 e. The Morgan fingerprint density at radius 3 is 2.67 bits per heavy atom. The molecule has 0 aliphatic heterocycles. The fourth-order valence-electron chi connectivity index (χ4n) is 1.26. The quantitative estimate of drug-likeness (QED) is 0.590. The molecule has 0 aromatic carbocycles. The number of nitrogens with zero attached hydrogens (tertiary/aromatic N) is 1. The Kier molecular flexibility index (Phi) is 3.44. The van der Waals surface area contributed by atoms with Gasteiger partial charge in [0, 0.05) is 17.3 Å². The van der Waals surface area contributed by atoms with Gasteiger partial charge in [-0.15, -0.1) is 0 Å². The number of esters is 1. The SMILES string of the molecule is COC(=O)/C(C)=C(\C)c1ccncc1N. The summed E-state index contributed by atoms with van der Waals surface area (Å²) < 4.78 is 4.64. The van der Waals surface area contributed by atoms with E-state index in [1.165, 1.54) is 7.11 Å². The summed E-state index contributed by atoms with van der Waals surface area (Å²) in [6.07, 6.45) is 3.20. The molecule has 80 valence electrons. The zero-order chi connectivity index (χ0) is 11.4. The lowest BCUT2D eigenvalue weighted by Gasteiger charge is -2.08. The fraction of sp³-hybridized carbons (Fsp3) is 0.273. The van der Waals surface area contributed by atoms with E-state index < -0.39 is 0 Å². The van der Waals surface area contributed by atoms with Gasteiger partial charge in [-0.2, -0.15) is 0 Å². The molecule has 0 spiro atoms. The lowest BCUT2D eigenvalue weighted by molar-refractivity contribution is -0.135. The van der Waals surface area contributed by atoms with E-state index >= 15 is 0 Å². The fourth-order valence-corrected chi connectivity index (χ4v) is 1.26. The normalized spacial score (nSPS) is 11.9. The third-order valence-electron chi connectivity index (χ3n) is 2.31. The summed E-state index contributed by atoms with van der Waals surface area (Å²) in [5, 5.41) is 0. The largest absolute Gasteiger partial charge is 0.466 e. The molecule has 4 heteroatoms. The number of carbonyl (C=O) groups is 1. The van der Waals surface area contributed by atoms with Gasteiger partial charge < -0.3 is 10.5 Å². The summed E-state index contributed by atoms with van der Waals surface area (Å²) in [7, 11) is 1.36. The average Bonchev–Trinajstić information content (AvgIpc) is 2.26. The number of hydrogen-bond acceptors (Lipinski definition) is 4. The molecule has 0 unspecified atom stereocenters. The molecule has 0 bridgehead atoms. The molecule has 0 aliphatic carbocycles. The van der Waals surface area contributed by atoms with Gasteiger partial charge in [-0.1, -0.05) is 0 Å². The minimum atomic E-state index is -0.344.